The number of nitrogen functional groups attached to an aromatic ring is 1. The van der Waals surface area contributed by atoms with Gasteiger partial charge in [-0.1, -0.05) is 24.3 Å². The highest BCUT2D eigenvalue weighted by molar-refractivity contribution is 5.95. The van der Waals surface area contributed by atoms with Gasteiger partial charge in [-0.25, -0.2) is 9.97 Å². The van der Waals surface area contributed by atoms with Gasteiger partial charge in [0.05, 0.1) is 17.6 Å². The average Bonchev–Trinajstić information content (AvgIpc) is 2.78. The maximum Gasteiger partial charge on any atom is 0.309 e. The van der Waals surface area contributed by atoms with E-state index in [4.69, 9.17) is 15.9 Å². The van der Waals surface area contributed by atoms with Crippen molar-refractivity contribution in [3.63, 3.8) is 0 Å². The number of nitrogens with two attached hydrogens (primary N) is 1. The van der Waals surface area contributed by atoms with Crippen molar-refractivity contribution < 1.29 is 14.3 Å². The van der Waals surface area contributed by atoms with Crippen LogP contribution in [0.15, 0.2) is 36.7 Å². The van der Waals surface area contributed by atoms with E-state index in [1.807, 2.05) is 13.8 Å². The van der Waals surface area contributed by atoms with Gasteiger partial charge in [-0.05, 0) is 39.5 Å². The summed E-state index contributed by atoms with van der Waals surface area (Å²) in [6.45, 7) is 3.70. The van der Waals surface area contributed by atoms with Gasteiger partial charge in [-0.2, -0.15) is 0 Å². The van der Waals surface area contributed by atoms with Crippen molar-refractivity contribution in [2.45, 2.75) is 51.7 Å². The summed E-state index contributed by atoms with van der Waals surface area (Å²) in [5.41, 5.74) is 7.31. The minimum atomic E-state index is -0.136. The summed E-state index contributed by atoms with van der Waals surface area (Å²) in [6.07, 6.45) is 5.93. The van der Waals surface area contributed by atoms with Crippen LogP contribution in [0.3, 0.4) is 0 Å². The Balaban J connectivity index is 1.60. The number of nitrogens with zero attached hydrogens (tertiary/aromatic N) is 3. The Hall–Kier alpha value is -3.29. The van der Waals surface area contributed by atoms with E-state index in [2.05, 4.69) is 9.97 Å². The summed E-state index contributed by atoms with van der Waals surface area (Å²) >= 11 is 0. The molecule has 1 aliphatic rings. The molecule has 3 rings (SSSR count). The molecule has 1 heterocycles. The summed E-state index contributed by atoms with van der Waals surface area (Å²) in [5, 5.41) is 7.45. The van der Waals surface area contributed by atoms with E-state index in [9.17, 15) is 9.59 Å². The van der Waals surface area contributed by atoms with E-state index in [1.54, 1.807) is 36.2 Å². The van der Waals surface area contributed by atoms with E-state index in [0.29, 0.717) is 17.0 Å². The maximum atomic E-state index is 12.9. The molecular formula is C23H29N5O3. The number of rotatable bonds is 6. The smallest absolute Gasteiger partial charge is 0.309 e. The van der Waals surface area contributed by atoms with Crippen LogP contribution in [0.5, 0.6) is 0 Å². The second kappa shape index (κ2) is 9.68. The first kappa shape index (κ1) is 22.4. The number of esters is 1. The molecule has 1 saturated carbocycles. The summed E-state index contributed by atoms with van der Waals surface area (Å²) < 4.78 is 5.32. The lowest BCUT2D eigenvalue weighted by atomic mass is 9.85. The number of hydrogen-bond donors (Lipinski definition) is 2. The minimum Gasteiger partial charge on any atom is -0.463 e. The van der Waals surface area contributed by atoms with Crippen LogP contribution in [-0.2, 0) is 9.53 Å². The molecule has 1 amide bonds. The summed E-state index contributed by atoms with van der Waals surface area (Å²) in [4.78, 5) is 35.4. The molecule has 0 spiro atoms. The van der Waals surface area contributed by atoms with Crippen LogP contribution in [0.25, 0.3) is 11.4 Å². The molecule has 31 heavy (non-hydrogen) atoms. The number of carbonyl (C=O) groups excluding carboxylic acids is 2. The van der Waals surface area contributed by atoms with E-state index in [0.717, 1.165) is 31.2 Å². The molecule has 1 fully saturated rings. The third-order valence-electron chi connectivity index (χ3n) is 5.60. The molecule has 8 heteroatoms. The van der Waals surface area contributed by atoms with Gasteiger partial charge in [0.15, 0.2) is 5.82 Å². The summed E-state index contributed by atoms with van der Waals surface area (Å²) in [6, 6.07) is 7.14. The first-order chi connectivity index (χ1) is 14.8. The van der Waals surface area contributed by atoms with Crippen molar-refractivity contribution in [3.8, 4) is 11.4 Å². The largest absolute Gasteiger partial charge is 0.463 e. The van der Waals surface area contributed by atoms with Gasteiger partial charge >= 0.3 is 5.97 Å². The minimum absolute atomic E-state index is 0.00213. The average molecular weight is 424 g/mol. The molecule has 1 aromatic heterocycles. The molecule has 0 unspecified atom stereocenters. The zero-order valence-electron chi connectivity index (χ0n) is 18.2. The molecule has 0 atom stereocenters. The highest BCUT2D eigenvalue weighted by Gasteiger charge is 2.31. The van der Waals surface area contributed by atoms with Crippen molar-refractivity contribution in [1.82, 2.24) is 14.9 Å². The van der Waals surface area contributed by atoms with Gasteiger partial charge in [-0.15, -0.1) is 0 Å². The Labute approximate surface area is 182 Å². The van der Waals surface area contributed by atoms with Gasteiger partial charge in [0.25, 0.3) is 5.91 Å². The molecule has 0 aliphatic heterocycles. The third-order valence-corrected chi connectivity index (χ3v) is 5.60. The molecule has 3 N–H and O–H groups in total. The van der Waals surface area contributed by atoms with Crippen molar-refractivity contribution in [2.75, 3.05) is 7.05 Å². The highest BCUT2D eigenvalue weighted by atomic mass is 16.5. The maximum absolute atomic E-state index is 12.9. The molecule has 0 radical (unpaired) electrons. The van der Waals surface area contributed by atoms with Gasteiger partial charge in [0, 0.05) is 36.6 Å². The number of nitrogens with one attached hydrogen (secondary N) is 1. The first-order valence-corrected chi connectivity index (χ1v) is 10.5. The van der Waals surface area contributed by atoms with Gasteiger partial charge in [0.1, 0.15) is 5.84 Å². The number of hydrogen-bond acceptors (Lipinski definition) is 6. The van der Waals surface area contributed by atoms with Gasteiger partial charge < -0.3 is 15.4 Å². The third kappa shape index (κ3) is 5.45. The monoisotopic (exact) mass is 423 g/mol. The van der Waals surface area contributed by atoms with Crippen molar-refractivity contribution in [2.24, 2.45) is 11.7 Å². The van der Waals surface area contributed by atoms with Crippen LogP contribution >= 0.6 is 0 Å². The zero-order valence-corrected chi connectivity index (χ0v) is 18.2. The van der Waals surface area contributed by atoms with Crippen LogP contribution in [0.4, 0.5) is 0 Å². The Morgan fingerprint density at radius 2 is 1.65 bits per heavy atom. The zero-order chi connectivity index (χ0) is 22.5. The van der Waals surface area contributed by atoms with E-state index in [1.165, 1.54) is 12.4 Å². The van der Waals surface area contributed by atoms with Crippen molar-refractivity contribution in [1.29, 1.82) is 5.41 Å². The molecule has 164 valence electrons. The number of aromatic nitrogens is 2. The van der Waals surface area contributed by atoms with Crippen LogP contribution in [0.2, 0.25) is 0 Å². The number of amides is 1. The summed E-state index contributed by atoms with van der Waals surface area (Å²) in [7, 11) is 1.79. The molecule has 1 aromatic carbocycles. The normalized spacial score (nSPS) is 18.5. The Kier molecular flexibility index (Phi) is 6.99. The molecular weight excluding hydrogens is 394 g/mol. The Bertz CT molecular complexity index is 933. The van der Waals surface area contributed by atoms with Crippen LogP contribution in [0, 0.1) is 11.3 Å². The van der Waals surface area contributed by atoms with E-state index in [-0.39, 0.29) is 35.8 Å². The number of carbonyl (C=O) groups is 2. The number of benzene rings is 1. The Morgan fingerprint density at radius 1 is 1.06 bits per heavy atom. The topological polar surface area (TPSA) is 122 Å². The predicted molar refractivity (Wildman–Crippen MR) is 118 cm³/mol. The fourth-order valence-electron chi connectivity index (χ4n) is 3.78. The van der Waals surface area contributed by atoms with Gasteiger partial charge in [0.2, 0.25) is 0 Å². The lowest BCUT2D eigenvalue weighted by molar-refractivity contribution is -0.153. The van der Waals surface area contributed by atoms with Crippen LogP contribution in [-0.4, -0.2) is 51.8 Å². The molecule has 0 saturated heterocycles. The van der Waals surface area contributed by atoms with E-state index < -0.39 is 0 Å². The standard InChI is InChI=1S/C23H29N5O3/c1-14(2)31-23(30)17-8-10-19(11-9-17)28(3)22(29)18-12-26-21(27-13-18)16-6-4-15(5-7-16)20(24)25/h4-7,12-14,17,19H,8-11H2,1-3H3,(H3,24,25). The van der Waals surface area contributed by atoms with Gasteiger partial charge in [-0.3, -0.25) is 15.0 Å². The lowest BCUT2D eigenvalue weighted by Gasteiger charge is -2.34. The number of ether oxygens (including phenoxy) is 1. The molecule has 2 aromatic rings. The SMILES string of the molecule is CC(C)OC(=O)C1CCC(N(C)C(=O)c2cnc(-c3ccc(C(=N)N)cc3)nc2)CC1. The Morgan fingerprint density at radius 3 is 2.16 bits per heavy atom. The fraction of sp³-hybridized carbons (Fsp3) is 0.435. The first-order valence-electron chi connectivity index (χ1n) is 10.5. The molecule has 1 aliphatic carbocycles. The molecule has 0 bridgehead atoms. The second-order valence-electron chi connectivity index (χ2n) is 8.19. The van der Waals surface area contributed by atoms with Crippen LogP contribution < -0.4 is 5.73 Å². The highest BCUT2D eigenvalue weighted by Crippen LogP contribution is 2.29. The second-order valence-corrected chi connectivity index (χ2v) is 8.19. The predicted octanol–water partition coefficient (Wildman–Crippen LogP) is 3.01. The summed E-state index contributed by atoms with van der Waals surface area (Å²) in [5.74, 6) is 0.148. The van der Waals surface area contributed by atoms with E-state index >= 15 is 0 Å². The van der Waals surface area contributed by atoms with Crippen molar-refractivity contribution in [3.05, 3.63) is 47.8 Å². The lowest BCUT2D eigenvalue weighted by Crippen LogP contribution is -2.40. The molecule has 8 nitrogen and oxygen atoms in total. The fourth-order valence-corrected chi connectivity index (χ4v) is 3.78. The van der Waals surface area contributed by atoms with Crippen molar-refractivity contribution >= 4 is 17.7 Å². The quantitative estimate of drug-likeness (QED) is 0.418. The number of amidine groups is 1. The van der Waals surface area contributed by atoms with Crippen LogP contribution in [0.1, 0.15) is 55.5 Å².